The monoisotopic (exact) mass is 408 g/mol. The molecule has 0 saturated heterocycles. The van der Waals surface area contributed by atoms with Crippen molar-refractivity contribution in [1.82, 2.24) is 0 Å². The molecular formula is C21H18N3O4S+. The first-order chi connectivity index (χ1) is 13.9. The van der Waals surface area contributed by atoms with Crippen molar-refractivity contribution >= 4 is 46.1 Å². The van der Waals surface area contributed by atoms with Gasteiger partial charge in [0.25, 0.3) is 5.69 Å². The van der Waals surface area contributed by atoms with E-state index in [0.717, 1.165) is 32.1 Å². The number of aliphatic carboxylic acids is 1. The predicted molar refractivity (Wildman–Crippen MR) is 112 cm³/mol. The number of rotatable bonds is 5. The summed E-state index contributed by atoms with van der Waals surface area (Å²) < 4.78 is 1.94. The minimum Gasteiger partial charge on any atom is -0.481 e. The second-order valence-corrected chi connectivity index (χ2v) is 7.74. The Balaban J connectivity index is 1.72. The number of non-ortho nitro benzene ring substituents is 1. The molecule has 1 aromatic heterocycles. The number of para-hydroxylation sites is 1. The van der Waals surface area contributed by atoms with Gasteiger partial charge in [0, 0.05) is 36.2 Å². The van der Waals surface area contributed by atoms with Crippen molar-refractivity contribution in [2.24, 2.45) is 0 Å². The molecule has 1 aliphatic heterocycles. The van der Waals surface area contributed by atoms with Crippen LogP contribution in [-0.2, 0) is 11.3 Å². The first kappa shape index (κ1) is 18.9. The molecule has 0 unspecified atom stereocenters. The van der Waals surface area contributed by atoms with Crippen molar-refractivity contribution in [3.05, 3.63) is 75.4 Å². The van der Waals surface area contributed by atoms with Crippen LogP contribution >= 0.6 is 11.8 Å². The second-order valence-electron chi connectivity index (χ2n) is 6.68. The summed E-state index contributed by atoms with van der Waals surface area (Å²) in [6, 6.07) is 14.7. The van der Waals surface area contributed by atoms with Crippen molar-refractivity contribution in [1.29, 1.82) is 0 Å². The lowest BCUT2D eigenvalue weighted by Gasteiger charge is -2.13. The molecule has 0 aliphatic carbocycles. The van der Waals surface area contributed by atoms with E-state index in [1.165, 1.54) is 6.07 Å². The van der Waals surface area contributed by atoms with Crippen LogP contribution in [-0.4, -0.2) is 23.0 Å². The van der Waals surface area contributed by atoms with Crippen molar-refractivity contribution in [3.63, 3.8) is 0 Å². The van der Waals surface area contributed by atoms with E-state index in [1.54, 1.807) is 23.9 Å². The van der Waals surface area contributed by atoms with Gasteiger partial charge in [-0.2, -0.15) is 4.57 Å². The Kier molecular flexibility index (Phi) is 4.94. The lowest BCUT2D eigenvalue weighted by molar-refractivity contribution is -0.670. The van der Waals surface area contributed by atoms with Gasteiger partial charge in [0.1, 0.15) is 6.42 Å². The molecule has 2 heterocycles. The average molecular weight is 408 g/mol. The molecular weight excluding hydrogens is 390 g/mol. The molecule has 4 rings (SSSR count). The molecule has 0 amide bonds. The van der Waals surface area contributed by atoms with Gasteiger partial charge in [-0.15, -0.1) is 0 Å². The van der Waals surface area contributed by atoms with Gasteiger partial charge in [-0.1, -0.05) is 23.9 Å². The SMILES string of the molecule is CN1C(=Cc2cc[n+](CCC(=O)O)c3ccccc23)Sc2ccc([N+](=O)[O-])cc21. The summed E-state index contributed by atoms with van der Waals surface area (Å²) in [5.41, 5.74) is 2.85. The summed E-state index contributed by atoms with van der Waals surface area (Å²) >= 11 is 1.57. The second kappa shape index (κ2) is 7.56. The Morgan fingerprint density at radius 3 is 2.83 bits per heavy atom. The Hall–Kier alpha value is -3.39. The van der Waals surface area contributed by atoms with Gasteiger partial charge >= 0.3 is 5.97 Å². The normalized spacial score (nSPS) is 14.4. The molecule has 0 bridgehead atoms. The summed E-state index contributed by atoms with van der Waals surface area (Å²) in [4.78, 5) is 24.6. The number of carboxylic acids is 1. The zero-order chi connectivity index (χ0) is 20.5. The molecule has 7 nitrogen and oxygen atoms in total. The first-order valence-corrected chi connectivity index (χ1v) is 9.80. The van der Waals surface area contributed by atoms with Gasteiger partial charge in [-0.05, 0) is 23.8 Å². The molecule has 1 aliphatic rings. The summed E-state index contributed by atoms with van der Waals surface area (Å²) in [6.45, 7) is 0.399. The highest BCUT2D eigenvalue weighted by Gasteiger charge is 2.25. The van der Waals surface area contributed by atoms with Crippen LogP contribution in [0.25, 0.3) is 17.0 Å². The number of benzene rings is 2. The van der Waals surface area contributed by atoms with Crippen LogP contribution in [0.4, 0.5) is 11.4 Å². The average Bonchev–Trinajstić information content (AvgIpc) is 3.02. The zero-order valence-corrected chi connectivity index (χ0v) is 16.4. The maximum atomic E-state index is 11.1. The van der Waals surface area contributed by atoms with E-state index in [0.29, 0.717) is 6.54 Å². The molecule has 0 atom stereocenters. The van der Waals surface area contributed by atoms with E-state index in [-0.39, 0.29) is 17.0 Å². The number of fused-ring (bicyclic) bond motifs is 2. The predicted octanol–water partition coefficient (Wildman–Crippen LogP) is 4.05. The minimum absolute atomic E-state index is 0.0573. The quantitative estimate of drug-likeness (QED) is 0.389. The Labute approximate surface area is 171 Å². The maximum Gasteiger partial charge on any atom is 0.309 e. The number of nitro groups is 1. The van der Waals surface area contributed by atoms with Gasteiger partial charge in [-0.3, -0.25) is 14.9 Å². The Bertz CT molecular complexity index is 1180. The summed E-state index contributed by atoms with van der Waals surface area (Å²) in [5.74, 6) is -0.830. The number of carbonyl (C=O) groups is 1. The molecule has 1 N–H and O–H groups in total. The third-order valence-corrected chi connectivity index (χ3v) is 6.03. The van der Waals surface area contributed by atoms with Crippen LogP contribution in [0.15, 0.2) is 64.7 Å². The van der Waals surface area contributed by atoms with Crippen LogP contribution < -0.4 is 9.47 Å². The lowest BCUT2D eigenvalue weighted by atomic mass is 10.1. The van der Waals surface area contributed by atoms with Crippen LogP contribution in [0.2, 0.25) is 0 Å². The molecule has 0 fully saturated rings. The van der Waals surface area contributed by atoms with Crippen molar-refractivity contribution in [2.45, 2.75) is 17.9 Å². The Morgan fingerprint density at radius 2 is 2.07 bits per heavy atom. The standard InChI is InChI=1S/C21H17N3O4S/c1-22-18-13-15(24(27)28)6-7-19(18)29-20(22)12-14-8-10-23(11-9-21(25)26)17-5-3-2-4-16(14)17/h2-8,10,12-13H,9,11H2,1H3/p+1. The molecule has 0 spiro atoms. The smallest absolute Gasteiger partial charge is 0.309 e. The number of pyridine rings is 1. The van der Waals surface area contributed by atoms with E-state index >= 15 is 0 Å². The van der Waals surface area contributed by atoms with E-state index in [4.69, 9.17) is 5.11 Å². The number of anilines is 1. The fraction of sp³-hybridized carbons (Fsp3) is 0.143. The highest BCUT2D eigenvalue weighted by molar-refractivity contribution is 8.03. The molecule has 3 aromatic rings. The molecule has 2 aromatic carbocycles. The minimum atomic E-state index is -0.830. The Morgan fingerprint density at radius 1 is 1.28 bits per heavy atom. The highest BCUT2D eigenvalue weighted by Crippen LogP contribution is 2.47. The largest absolute Gasteiger partial charge is 0.481 e. The fourth-order valence-corrected chi connectivity index (χ4v) is 4.46. The number of nitro benzene ring substituents is 1. The number of nitrogens with zero attached hydrogens (tertiary/aromatic N) is 3. The van der Waals surface area contributed by atoms with Crippen LogP contribution in [0, 0.1) is 10.1 Å². The van der Waals surface area contributed by atoms with Crippen LogP contribution in [0.5, 0.6) is 0 Å². The number of aryl methyl sites for hydroxylation is 1. The van der Waals surface area contributed by atoms with Crippen molar-refractivity contribution in [3.8, 4) is 0 Å². The summed E-state index contributed by atoms with van der Waals surface area (Å²) in [6.07, 6.45) is 4.01. The molecule has 0 radical (unpaired) electrons. The van der Waals surface area contributed by atoms with Gasteiger partial charge in [0.2, 0.25) is 5.52 Å². The number of hydrogen-bond acceptors (Lipinski definition) is 5. The van der Waals surface area contributed by atoms with E-state index in [9.17, 15) is 14.9 Å². The van der Waals surface area contributed by atoms with E-state index in [2.05, 4.69) is 6.08 Å². The van der Waals surface area contributed by atoms with Gasteiger partial charge in [0.15, 0.2) is 12.7 Å². The maximum absolute atomic E-state index is 11.1. The van der Waals surface area contributed by atoms with E-state index < -0.39 is 5.97 Å². The number of hydrogen-bond donors (Lipinski definition) is 1. The number of thioether (sulfide) groups is 1. The lowest BCUT2D eigenvalue weighted by Crippen LogP contribution is -2.35. The molecule has 146 valence electrons. The highest BCUT2D eigenvalue weighted by atomic mass is 32.2. The zero-order valence-electron chi connectivity index (χ0n) is 15.6. The number of carboxylic acid groups (broad SMARTS) is 1. The third-order valence-electron chi connectivity index (χ3n) is 4.86. The van der Waals surface area contributed by atoms with E-state index in [1.807, 2.05) is 53.0 Å². The molecule has 0 saturated carbocycles. The fourth-order valence-electron chi connectivity index (χ4n) is 3.37. The molecule has 29 heavy (non-hydrogen) atoms. The summed E-state index contributed by atoms with van der Waals surface area (Å²) in [5, 5.41) is 22.1. The topological polar surface area (TPSA) is 87.6 Å². The van der Waals surface area contributed by atoms with Gasteiger partial charge in [0.05, 0.1) is 21.0 Å². The van der Waals surface area contributed by atoms with Crippen LogP contribution in [0.3, 0.4) is 0 Å². The van der Waals surface area contributed by atoms with Crippen LogP contribution in [0.1, 0.15) is 12.0 Å². The molecule has 8 heteroatoms. The third kappa shape index (κ3) is 3.66. The first-order valence-electron chi connectivity index (χ1n) is 8.99. The number of aromatic nitrogens is 1. The van der Waals surface area contributed by atoms with Crippen molar-refractivity contribution < 1.29 is 19.4 Å². The van der Waals surface area contributed by atoms with Gasteiger partial charge < -0.3 is 10.0 Å². The van der Waals surface area contributed by atoms with Gasteiger partial charge in [-0.25, -0.2) is 0 Å². The summed E-state index contributed by atoms with van der Waals surface area (Å²) in [7, 11) is 1.90. The van der Waals surface area contributed by atoms with Crippen molar-refractivity contribution in [2.75, 3.05) is 11.9 Å².